The molecule has 2 unspecified atom stereocenters. The number of urea groups is 1. The lowest BCUT2D eigenvalue weighted by Crippen LogP contribution is -2.56. The molecule has 3 fully saturated rings. The summed E-state index contributed by atoms with van der Waals surface area (Å²) in [7, 11) is 0. The first kappa shape index (κ1) is 25.5. The van der Waals surface area contributed by atoms with Gasteiger partial charge < -0.3 is 15.1 Å². The van der Waals surface area contributed by atoms with Gasteiger partial charge in [-0.05, 0) is 63.7 Å². The van der Waals surface area contributed by atoms with Crippen LogP contribution in [0, 0.1) is 23.2 Å². The quantitative estimate of drug-likeness (QED) is 0.579. The molecule has 6 nitrogen and oxygen atoms in total. The summed E-state index contributed by atoms with van der Waals surface area (Å²) in [6.45, 7) is 16.7. The van der Waals surface area contributed by atoms with E-state index in [2.05, 4.69) is 35.0 Å². The van der Waals surface area contributed by atoms with Crippen molar-refractivity contribution in [1.82, 2.24) is 20.0 Å². The van der Waals surface area contributed by atoms with Gasteiger partial charge in [-0.3, -0.25) is 9.69 Å². The predicted octanol–water partition coefficient (Wildman–Crippen LogP) is 4.51. The monoisotopic (exact) mass is 472 g/mol. The molecular formula is C28H48N4O2. The van der Waals surface area contributed by atoms with Gasteiger partial charge in [-0.15, -0.1) is 0 Å². The Hall–Kier alpha value is -1.56. The number of carbonyl (C=O) groups is 2. The van der Waals surface area contributed by atoms with Gasteiger partial charge in [0.15, 0.2) is 0 Å². The van der Waals surface area contributed by atoms with Gasteiger partial charge in [0.1, 0.15) is 0 Å². The summed E-state index contributed by atoms with van der Waals surface area (Å²) in [5.41, 5.74) is 1.70. The molecule has 34 heavy (non-hydrogen) atoms. The van der Waals surface area contributed by atoms with Crippen molar-refractivity contribution in [2.75, 3.05) is 45.8 Å². The summed E-state index contributed by atoms with van der Waals surface area (Å²) < 4.78 is 0. The van der Waals surface area contributed by atoms with Gasteiger partial charge >= 0.3 is 6.03 Å². The molecule has 1 saturated heterocycles. The first-order valence-electron chi connectivity index (χ1n) is 13.8. The smallest absolute Gasteiger partial charge is 0.317 e. The molecule has 2 atom stereocenters. The van der Waals surface area contributed by atoms with Crippen LogP contribution in [0.4, 0.5) is 4.79 Å². The molecule has 0 radical (unpaired) electrons. The van der Waals surface area contributed by atoms with Crippen LogP contribution in [0.15, 0.2) is 11.6 Å². The normalized spacial score (nSPS) is 27.6. The molecule has 0 spiro atoms. The number of amides is 3. The Labute approximate surface area is 207 Å². The number of allylic oxidation sites excluding steroid dienone is 1. The van der Waals surface area contributed by atoms with Crippen LogP contribution in [0.3, 0.4) is 0 Å². The average Bonchev–Trinajstić information content (AvgIpc) is 2.81. The average molecular weight is 473 g/mol. The zero-order valence-corrected chi connectivity index (χ0v) is 22.4. The number of hydrogen-bond donors (Lipinski definition) is 1. The van der Waals surface area contributed by atoms with Crippen molar-refractivity contribution >= 4 is 11.9 Å². The standard InChI is InChI=1S/C28H48N4O2/c1-27(2,3)29-26(34)31-16-13-30(14-17-31)15-18-32(25(33)21-9-7-6-8-10-21)20-22-11-12-23-19-24(22)28(23,4)5/h11,21,23-24H,6-10,12-20H2,1-5H3,(H,29,34). The maximum atomic E-state index is 13.6. The Balaban J connectivity index is 1.33. The van der Waals surface area contributed by atoms with Crippen molar-refractivity contribution in [2.24, 2.45) is 23.2 Å². The number of hydrogen-bond acceptors (Lipinski definition) is 3. The fraction of sp³-hybridized carbons (Fsp3) is 0.857. The van der Waals surface area contributed by atoms with Gasteiger partial charge in [-0.25, -0.2) is 4.79 Å². The molecule has 1 aliphatic heterocycles. The molecule has 5 aliphatic rings. The Morgan fingerprint density at radius 1 is 1.09 bits per heavy atom. The van der Waals surface area contributed by atoms with Gasteiger partial charge in [0.2, 0.25) is 5.91 Å². The SMILES string of the molecule is CC(C)(C)NC(=O)N1CCN(CCN(CC2=CCC3CC2C3(C)C)C(=O)C2CCCCC2)CC1. The zero-order valence-electron chi connectivity index (χ0n) is 22.4. The van der Waals surface area contributed by atoms with Gasteiger partial charge in [-0.2, -0.15) is 0 Å². The third-order valence-corrected chi connectivity index (χ3v) is 9.05. The van der Waals surface area contributed by atoms with E-state index in [0.29, 0.717) is 17.2 Å². The van der Waals surface area contributed by atoms with Crippen molar-refractivity contribution in [3.63, 3.8) is 0 Å². The van der Waals surface area contributed by atoms with Crippen molar-refractivity contribution in [1.29, 1.82) is 0 Å². The number of nitrogens with one attached hydrogen (secondary N) is 1. The highest BCUT2D eigenvalue weighted by Gasteiger charge is 2.51. The lowest BCUT2D eigenvalue weighted by molar-refractivity contribution is -0.136. The van der Waals surface area contributed by atoms with Gasteiger partial charge in [-0.1, -0.05) is 44.8 Å². The minimum Gasteiger partial charge on any atom is -0.337 e. The first-order chi connectivity index (χ1) is 16.0. The summed E-state index contributed by atoms with van der Waals surface area (Å²) >= 11 is 0. The third kappa shape index (κ3) is 5.80. The molecule has 2 bridgehead atoms. The van der Waals surface area contributed by atoms with Gasteiger partial charge in [0.05, 0.1) is 0 Å². The minimum absolute atomic E-state index is 0.0342. The minimum atomic E-state index is -0.211. The molecule has 5 rings (SSSR count). The third-order valence-electron chi connectivity index (χ3n) is 9.05. The van der Waals surface area contributed by atoms with Crippen molar-refractivity contribution in [2.45, 2.75) is 85.1 Å². The lowest BCUT2D eigenvalue weighted by atomic mass is 9.49. The fourth-order valence-corrected chi connectivity index (χ4v) is 6.59. The lowest BCUT2D eigenvalue weighted by Gasteiger charge is -2.57. The van der Waals surface area contributed by atoms with E-state index in [1.54, 1.807) is 0 Å². The highest BCUT2D eigenvalue weighted by molar-refractivity contribution is 5.79. The van der Waals surface area contributed by atoms with Crippen LogP contribution < -0.4 is 5.32 Å². The molecule has 192 valence electrons. The van der Waals surface area contributed by atoms with E-state index in [4.69, 9.17) is 0 Å². The molecule has 1 N–H and O–H groups in total. The molecular weight excluding hydrogens is 424 g/mol. The Morgan fingerprint density at radius 2 is 1.76 bits per heavy atom. The second kappa shape index (κ2) is 10.2. The second-order valence-corrected chi connectivity index (χ2v) is 12.9. The number of fused-ring (bicyclic) bond motifs is 1. The van der Waals surface area contributed by atoms with Crippen LogP contribution in [0.1, 0.15) is 79.6 Å². The fourth-order valence-electron chi connectivity index (χ4n) is 6.59. The van der Waals surface area contributed by atoms with Crippen molar-refractivity contribution < 1.29 is 9.59 Å². The molecule has 1 heterocycles. The summed E-state index contributed by atoms with van der Waals surface area (Å²) in [5.74, 6) is 2.09. The van der Waals surface area contributed by atoms with Crippen LogP contribution in [-0.4, -0.2) is 78.0 Å². The Kier molecular flexibility index (Phi) is 7.66. The number of rotatable bonds is 6. The first-order valence-corrected chi connectivity index (χ1v) is 13.8. The summed E-state index contributed by atoms with van der Waals surface area (Å²) in [6, 6.07) is 0.0342. The molecule has 0 aromatic rings. The maximum Gasteiger partial charge on any atom is 0.317 e. The van der Waals surface area contributed by atoms with E-state index in [1.165, 1.54) is 37.7 Å². The second-order valence-electron chi connectivity index (χ2n) is 12.9. The topological polar surface area (TPSA) is 55.9 Å². The highest BCUT2D eigenvalue weighted by Crippen LogP contribution is 2.59. The van der Waals surface area contributed by atoms with Gasteiger partial charge in [0.25, 0.3) is 0 Å². The van der Waals surface area contributed by atoms with Crippen LogP contribution in [0.2, 0.25) is 0 Å². The van der Waals surface area contributed by atoms with E-state index >= 15 is 0 Å². The zero-order chi connectivity index (χ0) is 24.5. The highest BCUT2D eigenvalue weighted by atomic mass is 16.2. The van der Waals surface area contributed by atoms with E-state index in [1.807, 2.05) is 25.7 Å². The van der Waals surface area contributed by atoms with E-state index in [-0.39, 0.29) is 17.5 Å². The van der Waals surface area contributed by atoms with Crippen molar-refractivity contribution in [3.8, 4) is 0 Å². The number of carbonyl (C=O) groups excluding carboxylic acids is 2. The number of piperazine rings is 1. The van der Waals surface area contributed by atoms with E-state index in [0.717, 1.165) is 64.6 Å². The molecule has 4 aliphatic carbocycles. The summed E-state index contributed by atoms with van der Waals surface area (Å²) in [5, 5.41) is 3.07. The van der Waals surface area contributed by atoms with Crippen LogP contribution in [0.25, 0.3) is 0 Å². The Morgan fingerprint density at radius 3 is 2.35 bits per heavy atom. The maximum absolute atomic E-state index is 13.6. The summed E-state index contributed by atoms with van der Waals surface area (Å²) in [6.07, 6.45) is 10.7. The van der Waals surface area contributed by atoms with Gasteiger partial charge in [0, 0.05) is 57.3 Å². The predicted molar refractivity (Wildman–Crippen MR) is 138 cm³/mol. The van der Waals surface area contributed by atoms with E-state index in [9.17, 15) is 9.59 Å². The molecule has 2 saturated carbocycles. The van der Waals surface area contributed by atoms with Crippen LogP contribution >= 0.6 is 0 Å². The molecule has 0 aromatic heterocycles. The van der Waals surface area contributed by atoms with Crippen LogP contribution in [-0.2, 0) is 4.79 Å². The molecule has 0 aromatic carbocycles. The number of nitrogens with zero attached hydrogens (tertiary/aromatic N) is 3. The Bertz CT molecular complexity index is 770. The van der Waals surface area contributed by atoms with E-state index < -0.39 is 0 Å². The van der Waals surface area contributed by atoms with Crippen LogP contribution in [0.5, 0.6) is 0 Å². The molecule has 3 amide bonds. The largest absolute Gasteiger partial charge is 0.337 e. The van der Waals surface area contributed by atoms with Crippen molar-refractivity contribution in [3.05, 3.63) is 11.6 Å². The molecule has 6 heteroatoms. The summed E-state index contributed by atoms with van der Waals surface area (Å²) in [4.78, 5) is 32.7.